The molecule has 3 rings (SSSR count). The molecule has 2 aliphatic heterocycles. The molecule has 1 atom stereocenters. The zero-order chi connectivity index (χ0) is 17.9. The van der Waals surface area contributed by atoms with Crippen molar-refractivity contribution in [3.05, 3.63) is 17.5 Å². The molecule has 0 bridgehead atoms. The molecule has 2 fully saturated rings. The molecule has 1 aromatic heterocycles. The van der Waals surface area contributed by atoms with Gasteiger partial charge in [0.2, 0.25) is 0 Å². The second-order valence-corrected chi connectivity index (χ2v) is 7.37. The van der Waals surface area contributed by atoms with E-state index < -0.39 is 0 Å². The Kier molecular flexibility index (Phi) is 5.79. The Labute approximate surface area is 150 Å². The summed E-state index contributed by atoms with van der Waals surface area (Å²) in [6.07, 6.45) is 6.05. The lowest BCUT2D eigenvalue weighted by molar-refractivity contribution is -0.102. The lowest BCUT2D eigenvalue weighted by Gasteiger charge is -2.33. The number of ether oxygens (including phenoxy) is 2. The average Bonchev–Trinajstić information content (AvgIpc) is 3.19. The van der Waals surface area contributed by atoms with E-state index in [1.165, 1.54) is 0 Å². The van der Waals surface area contributed by atoms with Crippen LogP contribution in [0.3, 0.4) is 0 Å². The average molecular weight is 349 g/mol. The maximum Gasteiger partial charge on any atom is 0.269 e. The highest BCUT2D eigenvalue weighted by atomic mass is 16.5. The Hall–Kier alpha value is -1.40. The van der Waals surface area contributed by atoms with Crippen LogP contribution in [0.5, 0.6) is 0 Å². The van der Waals surface area contributed by atoms with E-state index in [1.54, 1.807) is 0 Å². The number of amides is 1. The zero-order valence-electron chi connectivity index (χ0n) is 15.7. The van der Waals surface area contributed by atoms with E-state index in [0.29, 0.717) is 12.2 Å². The minimum atomic E-state index is -0.0518. The summed E-state index contributed by atoms with van der Waals surface area (Å²) in [7, 11) is 0. The van der Waals surface area contributed by atoms with Crippen LogP contribution < -0.4 is 5.32 Å². The van der Waals surface area contributed by atoms with Crippen LogP contribution in [0, 0.1) is 6.92 Å². The summed E-state index contributed by atoms with van der Waals surface area (Å²) >= 11 is 0. The van der Waals surface area contributed by atoms with Crippen molar-refractivity contribution in [2.75, 3.05) is 19.8 Å². The van der Waals surface area contributed by atoms with Gasteiger partial charge in [-0.25, -0.2) is 0 Å². The summed E-state index contributed by atoms with van der Waals surface area (Å²) in [6, 6.07) is 2.14. The van der Waals surface area contributed by atoms with Gasteiger partial charge in [0.15, 0.2) is 0 Å². The van der Waals surface area contributed by atoms with Crippen molar-refractivity contribution >= 4 is 5.91 Å². The van der Waals surface area contributed by atoms with Crippen LogP contribution in [0.25, 0.3) is 0 Å². The molecule has 1 N–H and O–H groups in total. The summed E-state index contributed by atoms with van der Waals surface area (Å²) in [4.78, 5) is 12.7. The van der Waals surface area contributed by atoms with Gasteiger partial charge < -0.3 is 14.8 Å². The number of rotatable bonds is 6. The Balaban J connectivity index is 1.58. The normalized spacial score (nSPS) is 22.6. The van der Waals surface area contributed by atoms with Crippen LogP contribution in [-0.4, -0.2) is 47.2 Å². The predicted octanol–water partition coefficient (Wildman–Crippen LogP) is 3.01. The molecule has 3 heterocycles. The van der Waals surface area contributed by atoms with Crippen LogP contribution >= 0.6 is 0 Å². The van der Waals surface area contributed by atoms with Crippen molar-refractivity contribution in [2.45, 2.75) is 77.0 Å². The number of carbonyl (C=O) groups excluding carboxylic acids is 1. The lowest BCUT2D eigenvalue weighted by atomic mass is 9.91. The van der Waals surface area contributed by atoms with Crippen molar-refractivity contribution in [1.82, 2.24) is 15.1 Å². The highest BCUT2D eigenvalue weighted by Crippen LogP contribution is 2.38. The fraction of sp³-hybridized carbons (Fsp3) is 0.789. The number of carbonyl (C=O) groups is 1. The lowest BCUT2D eigenvalue weighted by Crippen LogP contribution is -2.39. The molecule has 25 heavy (non-hydrogen) atoms. The third-order valence-corrected chi connectivity index (χ3v) is 5.61. The number of nitrogens with zero attached hydrogens (tertiary/aromatic N) is 2. The van der Waals surface area contributed by atoms with E-state index in [1.807, 2.05) is 17.7 Å². The summed E-state index contributed by atoms with van der Waals surface area (Å²) in [6.45, 7) is 8.33. The Bertz CT molecular complexity index is 589. The number of nitrogens with one attached hydrogen (secondary N) is 1. The highest BCUT2D eigenvalue weighted by Gasteiger charge is 2.41. The van der Waals surface area contributed by atoms with E-state index in [4.69, 9.17) is 9.47 Å². The van der Waals surface area contributed by atoms with Crippen LogP contribution in [-0.2, 0) is 9.47 Å². The molecule has 1 aromatic rings. The summed E-state index contributed by atoms with van der Waals surface area (Å²) in [5, 5.41) is 7.60. The molecule has 2 saturated heterocycles. The minimum Gasteiger partial charge on any atom is -0.381 e. The number of hydrogen-bond acceptors (Lipinski definition) is 4. The first kappa shape index (κ1) is 18.4. The van der Waals surface area contributed by atoms with Gasteiger partial charge in [-0.15, -0.1) is 0 Å². The summed E-state index contributed by atoms with van der Waals surface area (Å²) in [5.74, 6) is -0.0518. The molecule has 0 aliphatic carbocycles. The fourth-order valence-corrected chi connectivity index (χ4v) is 4.05. The van der Waals surface area contributed by atoms with Gasteiger partial charge in [0.05, 0.1) is 23.4 Å². The molecule has 140 valence electrons. The summed E-state index contributed by atoms with van der Waals surface area (Å²) < 4.78 is 13.6. The first-order valence-electron chi connectivity index (χ1n) is 9.67. The topological polar surface area (TPSA) is 65.4 Å². The van der Waals surface area contributed by atoms with Gasteiger partial charge in [0.25, 0.3) is 5.91 Å². The van der Waals surface area contributed by atoms with E-state index in [0.717, 1.165) is 57.4 Å². The van der Waals surface area contributed by atoms with Crippen LogP contribution in [0.4, 0.5) is 0 Å². The number of hydrogen-bond donors (Lipinski definition) is 1. The first-order valence-corrected chi connectivity index (χ1v) is 9.67. The first-order chi connectivity index (χ1) is 12.1. The van der Waals surface area contributed by atoms with Crippen LogP contribution in [0.15, 0.2) is 6.07 Å². The largest absolute Gasteiger partial charge is 0.381 e. The Morgan fingerprint density at radius 2 is 2.08 bits per heavy atom. The molecule has 2 aliphatic rings. The van der Waals surface area contributed by atoms with E-state index in [-0.39, 0.29) is 23.7 Å². The SMILES string of the molecule is CCC(CC)n1nc(C)cc1C(=O)NCC1CCC2(CCOCC2)O1. The van der Waals surface area contributed by atoms with Gasteiger partial charge in [-0.3, -0.25) is 9.48 Å². The maximum atomic E-state index is 12.7. The minimum absolute atomic E-state index is 0.0124. The van der Waals surface area contributed by atoms with Crippen molar-refractivity contribution in [3.63, 3.8) is 0 Å². The Morgan fingerprint density at radius 3 is 2.76 bits per heavy atom. The fourth-order valence-electron chi connectivity index (χ4n) is 4.05. The van der Waals surface area contributed by atoms with Gasteiger partial charge >= 0.3 is 0 Å². The molecule has 1 unspecified atom stereocenters. The number of aromatic nitrogens is 2. The van der Waals surface area contributed by atoms with E-state index in [2.05, 4.69) is 24.3 Å². The second kappa shape index (κ2) is 7.87. The van der Waals surface area contributed by atoms with Gasteiger partial charge in [0, 0.05) is 19.8 Å². The molecule has 6 nitrogen and oxygen atoms in total. The quantitative estimate of drug-likeness (QED) is 0.857. The van der Waals surface area contributed by atoms with E-state index >= 15 is 0 Å². The summed E-state index contributed by atoms with van der Waals surface area (Å²) in [5.41, 5.74) is 1.53. The number of aryl methyl sites for hydroxylation is 1. The van der Waals surface area contributed by atoms with Crippen molar-refractivity contribution in [3.8, 4) is 0 Å². The van der Waals surface area contributed by atoms with Crippen LogP contribution in [0.2, 0.25) is 0 Å². The standard InChI is InChI=1S/C19H31N3O3/c1-4-15(5-2)22-17(12-14(3)21-22)18(23)20-13-16-6-7-19(25-16)8-10-24-11-9-19/h12,15-16H,4-11,13H2,1-3H3,(H,20,23). The Morgan fingerprint density at radius 1 is 1.36 bits per heavy atom. The molecule has 1 amide bonds. The predicted molar refractivity (Wildman–Crippen MR) is 95.8 cm³/mol. The third-order valence-electron chi connectivity index (χ3n) is 5.61. The van der Waals surface area contributed by atoms with Crippen molar-refractivity contribution in [1.29, 1.82) is 0 Å². The third kappa shape index (κ3) is 4.06. The molecule has 0 aromatic carbocycles. The molecule has 1 spiro atoms. The van der Waals surface area contributed by atoms with Gasteiger partial charge in [-0.2, -0.15) is 5.10 Å². The molecule has 0 saturated carbocycles. The van der Waals surface area contributed by atoms with Crippen LogP contribution in [0.1, 0.15) is 74.6 Å². The van der Waals surface area contributed by atoms with Gasteiger partial charge in [0.1, 0.15) is 5.69 Å². The van der Waals surface area contributed by atoms with E-state index in [9.17, 15) is 4.79 Å². The smallest absolute Gasteiger partial charge is 0.269 e. The monoisotopic (exact) mass is 349 g/mol. The van der Waals surface area contributed by atoms with Crippen molar-refractivity contribution < 1.29 is 14.3 Å². The van der Waals surface area contributed by atoms with Crippen molar-refractivity contribution in [2.24, 2.45) is 0 Å². The molecular formula is C19H31N3O3. The highest BCUT2D eigenvalue weighted by molar-refractivity contribution is 5.92. The van der Waals surface area contributed by atoms with Gasteiger partial charge in [-0.05, 0) is 51.5 Å². The zero-order valence-corrected chi connectivity index (χ0v) is 15.7. The molecule has 6 heteroatoms. The maximum absolute atomic E-state index is 12.7. The molecule has 0 radical (unpaired) electrons. The molecular weight excluding hydrogens is 318 g/mol. The second-order valence-electron chi connectivity index (χ2n) is 7.37. The van der Waals surface area contributed by atoms with Gasteiger partial charge in [-0.1, -0.05) is 13.8 Å².